The Morgan fingerprint density at radius 2 is 0.971 bits per heavy atom. The Hall–Kier alpha value is -6.24. The number of hydrogen-bond acceptors (Lipinski definition) is 0. The first-order chi connectivity index (χ1) is 32.9. The first-order valence-electron chi connectivity index (χ1n) is 25.7. The van der Waals surface area contributed by atoms with E-state index in [1.165, 1.54) is 139 Å². The standard InChI is InChI=1S/C33H32.C26H30.C11H16/c1-19-16-17-24-26(18-19)33(6,7)31-29(24)27(22-13-9-8-12-20(22)2)21(3)28-23-14-10-11-15-25(23)32(4,5)30(28)31;1-9-11-18(5)24-19(6)21(17(4)10-2)15-23-25(24)20-13-12-16(3)14-22(20)26(23,7)8;1-9-7-5-6-8-10(9)11(2,3)4/h8-18H,1-7H3;9-15H,1H2,2-8H3;5-8H,1-4H3/b;17-10+,18-11+;. The van der Waals surface area contributed by atoms with Crippen molar-refractivity contribution in [2.24, 2.45) is 0 Å². The van der Waals surface area contributed by atoms with Crippen molar-refractivity contribution in [1.29, 1.82) is 0 Å². The lowest BCUT2D eigenvalue weighted by Gasteiger charge is -2.32. The highest BCUT2D eigenvalue weighted by atomic mass is 14.5. The van der Waals surface area contributed by atoms with E-state index in [4.69, 9.17) is 0 Å². The van der Waals surface area contributed by atoms with Crippen molar-refractivity contribution in [2.75, 3.05) is 0 Å². The molecule has 10 rings (SSSR count). The monoisotopic (exact) mass is 919 g/mol. The van der Waals surface area contributed by atoms with Crippen LogP contribution in [0.3, 0.4) is 0 Å². The normalized spacial score (nSPS) is 15.3. The molecular weight excluding hydrogens is 841 g/mol. The van der Waals surface area contributed by atoms with E-state index in [0.717, 1.165) is 0 Å². The molecule has 0 heterocycles. The van der Waals surface area contributed by atoms with Crippen LogP contribution >= 0.6 is 0 Å². The molecular formula is C70H78. The summed E-state index contributed by atoms with van der Waals surface area (Å²) in [7, 11) is 0. The molecule has 0 atom stereocenters. The van der Waals surface area contributed by atoms with Crippen LogP contribution in [0.25, 0.3) is 55.7 Å². The minimum absolute atomic E-state index is 0.0103. The largest absolute Gasteiger partial charge is 0.0991 e. The van der Waals surface area contributed by atoms with Gasteiger partial charge in [0.2, 0.25) is 0 Å². The molecule has 0 amide bonds. The Bertz CT molecular complexity index is 3300. The zero-order valence-corrected chi connectivity index (χ0v) is 45.9. The van der Waals surface area contributed by atoms with Gasteiger partial charge in [0.15, 0.2) is 0 Å². The van der Waals surface area contributed by atoms with E-state index < -0.39 is 0 Å². The third-order valence-electron chi connectivity index (χ3n) is 16.4. The molecule has 3 aliphatic carbocycles. The van der Waals surface area contributed by atoms with Gasteiger partial charge in [0.05, 0.1) is 0 Å². The lowest BCUT2D eigenvalue weighted by atomic mass is 9.70. The van der Waals surface area contributed by atoms with Crippen LogP contribution in [0.2, 0.25) is 0 Å². The highest BCUT2D eigenvalue weighted by Crippen LogP contribution is 2.63. The van der Waals surface area contributed by atoms with Gasteiger partial charge < -0.3 is 0 Å². The second kappa shape index (κ2) is 18.2. The van der Waals surface area contributed by atoms with Gasteiger partial charge in [-0.15, -0.1) is 0 Å². The lowest BCUT2D eigenvalue weighted by molar-refractivity contribution is 0.586. The fourth-order valence-corrected chi connectivity index (χ4v) is 12.7. The van der Waals surface area contributed by atoms with E-state index in [1.807, 2.05) is 6.08 Å². The summed E-state index contributed by atoms with van der Waals surface area (Å²) in [5.74, 6) is 0. The highest BCUT2D eigenvalue weighted by molar-refractivity contribution is 6.02. The van der Waals surface area contributed by atoms with Crippen LogP contribution < -0.4 is 0 Å². The number of benzene rings is 7. The van der Waals surface area contributed by atoms with Gasteiger partial charge >= 0.3 is 0 Å². The molecule has 0 nitrogen and oxygen atoms in total. The molecule has 0 aliphatic heterocycles. The summed E-state index contributed by atoms with van der Waals surface area (Å²) in [4.78, 5) is 0. The summed E-state index contributed by atoms with van der Waals surface area (Å²) in [6.07, 6.45) is 6.24. The molecule has 0 fully saturated rings. The third kappa shape index (κ3) is 8.10. The van der Waals surface area contributed by atoms with Crippen molar-refractivity contribution >= 4 is 11.1 Å². The van der Waals surface area contributed by atoms with Crippen LogP contribution in [0.5, 0.6) is 0 Å². The molecule has 3 aliphatic rings. The zero-order valence-electron chi connectivity index (χ0n) is 45.9. The molecule has 0 saturated heterocycles. The number of allylic oxidation sites excluding steroid dienone is 5. The number of rotatable bonds is 4. The Balaban J connectivity index is 0.000000158. The quantitative estimate of drug-likeness (QED) is 0.154. The second-order valence-electron chi connectivity index (χ2n) is 23.3. The van der Waals surface area contributed by atoms with Gasteiger partial charge in [-0.25, -0.2) is 0 Å². The first-order valence-corrected chi connectivity index (χ1v) is 25.7. The van der Waals surface area contributed by atoms with Gasteiger partial charge in [-0.05, 0) is 202 Å². The van der Waals surface area contributed by atoms with E-state index in [1.54, 1.807) is 0 Å². The topological polar surface area (TPSA) is 0 Å². The van der Waals surface area contributed by atoms with Crippen LogP contribution in [0, 0.1) is 41.5 Å². The van der Waals surface area contributed by atoms with Crippen LogP contribution in [0.15, 0.2) is 140 Å². The maximum Gasteiger partial charge on any atom is 0.0162 e. The maximum atomic E-state index is 3.92. The summed E-state index contributed by atoms with van der Waals surface area (Å²) in [6, 6.07) is 43.0. The second-order valence-corrected chi connectivity index (χ2v) is 23.3. The molecule has 0 unspecified atom stereocenters. The number of fused-ring (bicyclic) bond motifs is 10. The molecule has 0 radical (unpaired) electrons. The molecule has 7 aromatic carbocycles. The third-order valence-corrected chi connectivity index (χ3v) is 16.4. The Kier molecular flexibility index (Phi) is 13.0. The van der Waals surface area contributed by atoms with Crippen molar-refractivity contribution in [1.82, 2.24) is 0 Å². The minimum Gasteiger partial charge on any atom is -0.0991 e. The van der Waals surface area contributed by atoms with Crippen LogP contribution in [-0.4, -0.2) is 0 Å². The first kappa shape index (κ1) is 50.2. The van der Waals surface area contributed by atoms with E-state index in [-0.39, 0.29) is 21.7 Å². The predicted octanol–water partition coefficient (Wildman–Crippen LogP) is 19.8. The lowest BCUT2D eigenvalue weighted by Crippen LogP contribution is -2.24. The van der Waals surface area contributed by atoms with Crippen LogP contribution in [0.1, 0.15) is 167 Å². The number of aryl methyl sites for hydroxylation is 4. The van der Waals surface area contributed by atoms with Crippen LogP contribution in [-0.2, 0) is 21.7 Å². The van der Waals surface area contributed by atoms with Gasteiger partial charge in [0.1, 0.15) is 0 Å². The van der Waals surface area contributed by atoms with Gasteiger partial charge in [-0.1, -0.05) is 207 Å². The minimum atomic E-state index is -0.0504. The highest BCUT2D eigenvalue weighted by Gasteiger charge is 2.48. The van der Waals surface area contributed by atoms with Crippen molar-refractivity contribution in [3.63, 3.8) is 0 Å². The summed E-state index contributed by atoms with van der Waals surface area (Å²) < 4.78 is 0. The molecule has 0 bridgehead atoms. The molecule has 0 N–H and O–H groups in total. The fraction of sp³-hybridized carbons (Fsp3) is 0.314. The molecule has 0 aromatic heterocycles. The van der Waals surface area contributed by atoms with Crippen LogP contribution in [0.4, 0.5) is 0 Å². The Labute approximate surface area is 423 Å². The molecule has 0 spiro atoms. The molecule has 358 valence electrons. The van der Waals surface area contributed by atoms with Gasteiger partial charge in [0.25, 0.3) is 0 Å². The van der Waals surface area contributed by atoms with Crippen molar-refractivity contribution < 1.29 is 0 Å². The zero-order chi connectivity index (χ0) is 51.0. The van der Waals surface area contributed by atoms with Crippen molar-refractivity contribution in [3.8, 4) is 44.5 Å². The van der Waals surface area contributed by atoms with Gasteiger partial charge in [-0.3, -0.25) is 0 Å². The van der Waals surface area contributed by atoms with Gasteiger partial charge in [0, 0.05) is 16.2 Å². The van der Waals surface area contributed by atoms with Gasteiger partial charge in [-0.2, -0.15) is 0 Å². The smallest absolute Gasteiger partial charge is 0.0162 e. The average Bonchev–Trinajstić information content (AvgIpc) is 3.78. The SMILES string of the molecule is C=C/C=C(\C)c1c(C)c(/C(C)=C/C)cc2c1-c1ccc(C)cc1C2(C)C.Cc1ccc2c(c1)C(C)(C)c1c-2c(-c2ccccc2C)c(C)c2c1C(C)(C)c1ccccc1-2.Cc1ccccc1C(C)(C)C. The van der Waals surface area contributed by atoms with E-state index in [9.17, 15) is 0 Å². The van der Waals surface area contributed by atoms with E-state index >= 15 is 0 Å². The van der Waals surface area contributed by atoms with E-state index in [2.05, 4.69) is 259 Å². The summed E-state index contributed by atoms with van der Waals surface area (Å²) in [6.45, 7) is 45.1. The molecule has 7 aromatic rings. The molecule has 0 heteroatoms. The average molecular weight is 919 g/mol. The molecule has 0 saturated carbocycles. The van der Waals surface area contributed by atoms with E-state index in [0.29, 0.717) is 0 Å². The summed E-state index contributed by atoms with van der Waals surface area (Å²) >= 11 is 0. The van der Waals surface area contributed by atoms with Crippen molar-refractivity contribution in [3.05, 3.63) is 224 Å². The Morgan fingerprint density at radius 1 is 0.471 bits per heavy atom. The summed E-state index contributed by atoms with van der Waals surface area (Å²) in [5.41, 5.74) is 35.4. The Morgan fingerprint density at radius 3 is 1.53 bits per heavy atom. The predicted molar refractivity (Wildman–Crippen MR) is 308 cm³/mol. The van der Waals surface area contributed by atoms with Crippen molar-refractivity contribution in [2.45, 2.75) is 146 Å². The fourth-order valence-electron chi connectivity index (χ4n) is 12.7. The number of hydrogen-bond donors (Lipinski definition) is 0. The maximum absolute atomic E-state index is 3.92. The summed E-state index contributed by atoms with van der Waals surface area (Å²) in [5, 5.41) is 0. The molecule has 70 heavy (non-hydrogen) atoms.